The zero-order chi connectivity index (χ0) is 40.2. The van der Waals surface area contributed by atoms with E-state index in [-0.39, 0.29) is 5.92 Å². The van der Waals surface area contributed by atoms with Gasteiger partial charge in [-0.05, 0) is 123 Å². The Morgan fingerprint density at radius 3 is 2.17 bits per heavy atom. The first-order valence-electron chi connectivity index (χ1n) is 20.9. The molecule has 2 nitrogen and oxygen atoms in total. The Kier molecular flexibility index (Phi) is 8.94. The molecule has 1 atom stereocenters. The van der Waals surface area contributed by atoms with Crippen LogP contribution in [0.3, 0.4) is 0 Å². The molecule has 0 bridgehead atoms. The van der Waals surface area contributed by atoms with Gasteiger partial charge in [0, 0.05) is 27.5 Å². The molecule has 1 aliphatic heterocycles. The lowest BCUT2D eigenvalue weighted by Gasteiger charge is -2.40. The Morgan fingerprint density at radius 2 is 1.37 bits per heavy atom. The predicted molar refractivity (Wildman–Crippen MR) is 252 cm³/mol. The fraction of sp³-hybridized carbons (Fsp3) is 0.0877. The summed E-state index contributed by atoms with van der Waals surface area (Å²) in [5, 5.41) is 2.38. The predicted octanol–water partition coefficient (Wildman–Crippen LogP) is 14.6. The summed E-state index contributed by atoms with van der Waals surface area (Å²) in [7, 11) is 0. The van der Waals surface area contributed by atoms with Crippen molar-refractivity contribution in [2.45, 2.75) is 41.4 Å². The zero-order valence-corrected chi connectivity index (χ0v) is 34.5. The monoisotopic (exact) mass is 786 g/mol. The molecule has 286 valence electrons. The third kappa shape index (κ3) is 5.79. The maximum Gasteiger partial charge on any atom is 0.0735 e. The van der Waals surface area contributed by atoms with Gasteiger partial charge in [0.05, 0.1) is 22.5 Å². The van der Waals surface area contributed by atoms with Gasteiger partial charge >= 0.3 is 0 Å². The number of hydrogen-bond donors (Lipinski definition) is 0. The fourth-order valence-electron chi connectivity index (χ4n) is 9.92. The minimum atomic E-state index is -0.509. The second-order valence-electron chi connectivity index (χ2n) is 16.0. The quantitative estimate of drug-likeness (QED) is 0.157. The molecule has 0 radical (unpaired) electrons. The molecular weight excluding hydrogens is 745 g/mol. The number of aliphatic imine (C=N–C) groups is 1. The van der Waals surface area contributed by atoms with Gasteiger partial charge in [0.2, 0.25) is 0 Å². The largest absolute Gasteiger partial charge is 0.260 e. The van der Waals surface area contributed by atoms with Gasteiger partial charge in [0.25, 0.3) is 0 Å². The van der Waals surface area contributed by atoms with Crippen molar-refractivity contribution in [1.29, 1.82) is 0 Å². The molecule has 11 rings (SSSR count). The lowest BCUT2D eigenvalue weighted by molar-refractivity contribution is 0.711. The topological polar surface area (TPSA) is 25.2 Å². The van der Waals surface area contributed by atoms with Gasteiger partial charge < -0.3 is 0 Å². The van der Waals surface area contributed by atoms with Crippen molar-refractivity contribution in [2.24, 2.45) is 4.99 Å². The summed E-state index contributed by atoms with van der Waals surface area (Å²) in [6.07, 6.45) is 11.8. The Bertz CT molecular complexity index is 3080. The first-order chi connectivity index (χ1) is 29.6. The summed E-state index contributed by atoms with van der Waals surface area (Å²) in [4.78, 5) is 13.0. The third-order valence-corrected chi connectivity index (χ3v) is 13.8. The second kappa shape index (κ2) is 14.8. The van der Waals surface area contributed by atoms with Crippen LogP contribution >= 0.6 is 11.8 Å². The lowest BCUT2D eigenvalue weighted by Crippen LogP contribution is -2.32. The number of pyridine rings is 1. The van der Waals surface area contributed by atoms with E-state index in [9.17, 15) is 0 Å². The van der Waals surface area contributed by atoms with Crippen LogP contribution in [0.5, 0.6) is 0 Å². The van der Waals surface area contributed by atoms with Crippen molar-refractivity contribution in [3.8, 4) is 11.1 Å². The maximum absolute atomic E-state index is 5.46. The van der Waals surface area contributed by atoms with Crippen LogP contribution in [0.2, 0.25) is 0 Å². The standard InChI is InChI=1S/C57H42N2S/c1-3-52(39-17-5-4-6-18-39)59-53(47-26-13-19-38-16-7-8-22-43(38)47)34-37(2)41-29-31-54-50(35-41)57(48-27-11-9-23-45(48)46-24-10-12-28-49(46)57)51-36-42(30-32-55(51)60-54)44-25-14-20-40-21-15-33-58-56(40)44/h3-24,26-36,44H,25H2,1-2H3/b37-34+,52-3-,59-53+. The highest BCUT2D eigenvalue weighted by molar-refractivity contribution is 7.99. The van der Waals surface area contributed by atoms with Crippen LogP contribution in [-0.4, -0.2) is 10.7 Å². The Hall–Kier alpha value is -6.81. The number of benzene rings is 7. The molecule has 3 aliphatic rings. The molecular formula is C57H42N2S. The van der Waals surface area contributed by atoms with Crippen molar-refractivity contribution in [2.75, 3.05) is 0 Å². The minimum absolute atomic E-state index is 0.188. The molecule has 60 heavy (non-hydrogen) atoms. The van der Waals surface area contributed by atoms with Gasteiger partial charge in [0.1, 0.15) is 0 Å². The van der Waals surface area contributed by atoms with Gasteiger partial charge in [0.15, 0.2) is 0 Å². The Balaban J connectivity index is 1.12. The molecule has 2 heterocycles. The van der Waals surface area contributed by atoms with Crippen LogP contribution in [0.4, 0.5) is 0 Å². The van der Waals surface area contributed by atoms with Crippen LogP contribution in [0.25, 0.3) is 39.2 Å². The molecule has 0 saturated carbocycles. The summed E-state index contributed by atoms with van der Waals surface area (Å²) in [6.45, 7) is 4.32. The zero-order valence-electron chi connectivity index (χ0n) is 33.6. The van der Waals surface area contributed by atoms with E-state index in [4.69, 9.17) is 9.98 Å². The fourth-order valence-corrected chi connectivity index (χ4v) is 11.1. The van der Waals surface area contributed by atoms with Crippen molar-refractivity contribution in [1.82, 2.24) is 4.98 Å². The molecule has 1 spiro atoms. The first kappa shape index (κ1) is 36.3. The number of hydrogen-bond acceptors (Lipinski definition) is 3. The van der Waals surface area contributed by atoms with Crippen molar-refractivity contribution < 1.29 is 0 Å². The highest BCUT2D eigenvalue weighted by Crippen LogP contribution is 2.62. The third-order valence-electron chi connectivity index (χ3n) is 12.7. The maximum atomic E-state index is 5.46. The molecule has 1 unspecified atom stereocenters. The van der Waals surface area contributed by atoms with Gasteiger partial charge in [-0.15, -0.1) is 0 Å². The van der Waals surface area contributed by atoms with E-state index in [1.807, 2.05) is 24.0 Å². The smallest absolute Gasteiger partial charge is 0.0735 e. The summed E-state index contributed by atoms with van der Waals surface area (Å²) in [5.41, 5.74) is 17.5. The Morgan fingerprint density at radius 1 is 0.667 bits per heavy atom. The van der Waals surface area contributed by atoms with Crippen molar-refractivity contribution >= 4 is 45.6 Å². The number of allylic oxidation sites excluding steroid dienone is 4. The number of rotatable bonds is 6. The molecule has 0 N–H and O–H groups in total. The van der Waals surface area contributed by atoms with E-state index >= 15 is 0 Å². The molecule has 0 saturated heterocycles. The van der Waals surface area contributed by atoms with E-state index in [2.05, 4.69) is 202 Å². The number of aromatic nitrogens is 1. The van der Waals surface area contributed by atoms with Crippen LogP contribution in [0.1, 0.15) is 82.0 Å². The van der Waals surface area contributed by atoms with E-state index < -0.39 is 5.41 Å². The van der Waals surface area contributed by atoms with Gasteiger partial charge in [-0.3, -0.25) is 4.98 Å². The SMILES string of the molecule is C\C=C(/N=C(\C=C(/C)c1ccc2c(c1)C1(c3cc(C4CC=Cc5cccnc54)ccc3S2)c2ccccc2-c2ccccc21)c1cccc2ccccc12)c1ccccc1. The molecule has 1 aromatic heterocycles. The summed E-state index contributed by atoms with van der Waals surface area (Å²) >= 11 is 1.89. The van der Waals surface area contributed by atoms with Gasteiger partial charge in [-0.1, -0.05) is 176 Å². The van der Waals surface area contributed by atoms with Crippen molar-refractivity contribution in [3.05, 3.63) is 250 Å². The Labute approximate surface area is 356 Å². The molecule has 8 aromatic rings. The normalized spacial score (nSPS) is 16.2. The van der Waals surface area contributed by atoms with E-state index in [0.717, 1.165) is 40.2 Å². The van der Waals surface area contributed by atoms with E-state index in [0.29, 0.717) is 0 Å². The molecule has 0 amide bonds. The average molecular weight is 787 g/mol. The number of fused-ring (bicyclic) bond motifs is 11. The second-order valence-corrected chi connectivity index (χ2v) is 17.1. The molecule has 0 fully saturated rings. The molecule has 3 heteroatoms. The highest BCUT2D eigenvalue weighted by Gasteiger charge is 2.50. The lowest BCUT2D eigenvalue weighted by atomic mass is 9.66. The van der Waals surface area contributed by atoms with Crippen LogP contribution in [0, 0.1) is 0 Å². The molecule has 7 aromatic carbocycles. The van der Waals surface area contributed by atoms with Gasteiger partial charge in [-0.25, -0.2) is 4.99 Å². The average Bonchev–Trinajstić information content (AvgIpc) is 3.60. The van der Waals surface area contributed by atoms with E-state index in [1.165, 1.54) is 70.6 Å². The van der Waals surface area contributed by atoms with Crippen LogP contribution in [-0.2, 0) is 5.41 Å². The summed E-state index contributed by atoms with van der Waals surface area (Å²) < 4.78 is 0. The van der Waals surface area contributed by atoms with Crippen molar-refractivity contribution in [3.63, 3.8) is 0 Å². The summed E-state index contributed by atoms with van der Waals surface area (Å²) in [6, 6.07) is 62.5. The van der Waals surface area contributed by atoms with Gasteiger partial charge in [-0.2, -0.15) is 0 Å². The van der Waals surface area contributed by atoms with Crippen LogP contribution < -0.4 is 0 Å². The minimum Gasteiger partial charge on any atom is -0.260 e. The number of nitrogens with zero attached hydrogens (tertiary/aromatic N) is 2. The van der Waals surface area contributed by atoms with Crippen LogP contribution in [0.15, 0.2) is 209 Å². The summed E-state index contributed by atoms with van der Waals surface area (Å²) in [5.74, 6) is 0.188. The molecule has 2 aliphatic carbocycles. The van der Waals surface area contributed by atoms with E-state index in [1.54, 1.807) is 0 Å². The first-order valence-corrected chi connectivity index (χ1v) is 21.7. The highest BCUT2D eigenvalue weighted by atomic mass is 32.2.